The van der Waals surface area contributed by atoms with Crippen molar-refractivity contribution in [2.45, 2.75) is 78.6 Å². The molecule has 0 N–H and O–H groups in total. The van der Waals surface area contributed by atoms with Gasteiger partial charge in [-0.25, -0.2) is 0 Å². The number of hydrogen-bond acceptors (Lipinski definition) is 1. The van der Waals surface area contributed by atoms with Crippen LogP contribution < -0.4 is 0 Å². The van der Waals surface area contributed by atoms with Gasteiger partial charge in [-0.15, -0.1) is 0 Å². The molecule has 2 unspecified atom stereocenters. The minimum absolute atomic E-state index is 0.0574. The Hall–Kier alpha value is -1.89. The minimum Gasteiger partial charge on any atom is -0.289 e. The average molecular weight is 377 g/mol. The highest BCUT2D eigenvalue weighted by Crippen LogP contribution is 2.35. The lowest BCUT2D eigenvalue weighted by Crippen LogP contribution is -2.19. The molecule has 0 saturated heterocycles. The molecule has 2 aromatic rings. The molecule has 28 heavy (non-hydrogen) atoms. The van der Waals surface area contributed by atoms with Crippen molar-refractivity contribution in [1.29, 1.82) is 0 Å². The molecule has 0 amide bonds. The van der Waals surface area contributed by atoms with E-state index in [4.69, 9.17) is 0 Å². The van der Waals surface area contributed by atoms with Gasteiger partial charge in [-0.2, -0.15) is 0 Å². The summed E-state index contributed by atoms with van der Waals surface area (Å²) in [6.45, 7) is 13.3. The van der Waals surface area contributed by atoms with Crippen LogP contribution in [0.2, 0.25) is 0 Å². The largest absolute Gasteiger partial charge is 0.289 e. The molecule has 0 bridgehead atoms. The Balaban J connectivity index is 2.02. The minimum atomic E-state index is -0.0574. The van der Waals surface area contributed by atoms with Crippen LogP contribution in [0, 0.1) is 11.8 Å². The molecule has 2 aromatic carbocycles. The normalized spacial score (nSPS) is 20.0. The summed E-state index contributed by atoms with van der Waals surface area (Å²) in [5, 5.41) is 0. The number of carbonyl (C=O) groups is 1. The number of rotatable bonds is 5. The number of ketones is 1. The summed E-state index contributed by atoms with van der Waals surface area (Å²) in [4.78, 5) is 13.7. The van der Waals surface area contributed by atoms with Crippen LogP contribution >= 0.6 is 0 Å². The van der Waals surface area contributed by atoms with Crippen molar-refractivity contribution in [1.82, 2.24) is 0 Å². The van der Waals surface area contributed by atoms with E-state index in [9.17, 15) is 4.79 Å². The van der Waals surface area contributed by atoms with E-state index in [2.05, 4.69) is 65.8 Å². The van der Waals surface area contributed by atoms with Gasteiger partial charge in [0, 0.05) is 11.1 Å². The van der Waals surface area contributed by atoms with Gasteiger partial charge in [-0.1, -0.05) is 84.4 Å². The third-order valence-corrected chi connectivity index (χ3v) is 6.29. The zero-order valence-corrected chi connectivity index (χ0v) is 18.5. The highest BCUT2D eigenvalue weighted by molar-refractivity contribution is 6.11. The highest BCUT2D eigenvalue weighted by atomic mass is 16.1. The smallest absolute Gasteiger partial charge is 0.193 e. The van der Waals surface area contributed by atoms with Crippen molar-refractivity contribution in [3.63, 3.8) is 0 Å². The predicted octanol–water partition coefficient (Wildman–Crippen LogP) is 7.32. The van der Waals surface area contributed by atoms with E-state index < -0.39 is 0 Å². The van der Waals surface area contributed by atoms with Crippen LogP contribution in [0.25, 0.3) is 0 Å². The van der Waals surface area contributed by atoms with Crippen molar-refractivity contribution in [3.05, 3.63) is 70.3 Å². The van der Waals surface area contributed by atoms with Crippen LogP contribution in [-0.2, 0) is 11.8 Å². The summed E-state index contributed by atoms with van der Waals surface area (Å²) >= 11 is 0. The Bertz CT molecular complexity index is 838. The molecule has 3 rings (SSSR count). The zero-order valence-electron chi connectivity index (χ0n) is 18.5. The van der Waals surface area contributed by atoms with E-state index in [0.29, 0.717) is 5.92 Å². The lowest BCUT2D eigenvalue weighted by atomic mass is 9.79. The highest BCUT2D eigenvalue weighted by Gasteiger charge is 2.26. The molecule has 0 radical (unpaired) electrons. The third-order valence-electron chi connectivity index (χ3n) is 6.29. The number of carbonyl (C=O) groups excluding carboxylic acids is 1. The van der Waals surface area contributed by atoms with Gasteiger partial charge in [0.1, 0.15) is 0 Å². The maximum absolute atomic E-state index is 13.7. The second-order valence-corrected chi connectivity index (χ2v) is 10.2. The van der Waals surface area contributed by atoms with E-state index in [0.717, 1.165) is 40.5 Å². The van der Waals surface area contributed by atoms with Crippen molar-refractivity contribution < 1.29 is 4.79 Å². The van der Waals surface area contributed by atoms with Crippen LogP contribution in [0.4, 0.5) is 0 Å². The summed E-state index contributed by atoms with van der Waals surface area (Å²) in [7, 11) is 0. The van der Waals surface area contributed by atoms with Crippen LogP contribution in [-0.4, -0.2) is 5.78 Å². The number of benzene rings is 2. The fraction of sp³-hybridized carbons (Fsp3) is 0.519. The van der Waals surface area contributed by atoms with E-state index in [1.54, 1.807) is 0 Å². The predicted molar refractivity (Wildman–Crippen MR) is 119 cm³/mol. The van der Waals surface area contributed by atoms with Gasteiger partial charge in [-0.05, 0) is 65.2 Å². The fourth-order valence-corrected chi connectivity index (χ4v) is 4.76. The van der Waals surface area contributed by atoms with Gasteiger partial charge in [0.2, 0.25) is 0 Å². The first kappa shape index (κ1) is 20.8. The first-order valence-electron chi connectivity index (χ1n) is 10.9. The molecule has 0 aliphatic heterocycles. The standard InChI is InChI=1S/C27H36O/c1-18(2)22-9-7-8-10-23(22)26(28)24-17-21(13-14-25(24)27(4,5)6)16-20-12-11-19(3)15-20/h7-10,13-14,17-20H,11-12,15-16H2,1-6H3. The van der Waals surface area contributed by atoms with E-state index in [1.807, 2.05) is 18.2 Å². The first-order valence-corrected chi connectivity index (χ1v) is 10.9. The van der Waals surface area contributed by atoms with Gasteiger partial charge in [0.25, 0.3) is 0 Å². The lowest BCUT2D eigenvalue weighted by molar-refractivity contribution is 0.103. The van der Waals surface area contributed by atoms with E-state index in [-0.39, 0.29) is 11.2 Å². The van der Waals surface area contributed by atoms with Gasteiger partial charge in [0.05, 0.1) is 0 Å². The molecule has 2 atom stereocenters. The molecule has 0 spiro atoms. The summed E-state index contributed by atoms with van der Waals surface area (Å²) in [5.74, 6) is 2.12. The van der Waals surface area contributed by atoms with Gasteiger partial charge < -0.3 is 0 Å². The molecule has 1 saturated carbocycles. The van der Waals surface area contributed by atoms with Crippen molar-refractivity contribution in [3.8, 4) is 0 Å². The summed E-state index contributed by atoms with van der Waals surface area (Å²) < 4.78 is 0. The second kappa shape index (κ2) is 8.23. The number of hydrogen-bond donors (Lipinski definition) is 0. The molecular formula is C27H36O. The Morgan fingerprint density at radius 2 is 1.75 bits per heavy atom. The Kier molecular flexibility index (Phi) is 6.12. The topological polar surface area (TPSA) is 17.1 Å². The molecule has 1 nitrogen and oxygen atoms in total. The summed E-state index contributed by atoms with van der Waals surface area (Å²) in [6, 6.07) is 14.8. The molecule has 0 heterocycles. The Labute approximate surface area is 171 Å². The van der Waals surface area contributed by atoms with Gasteiger partial charge in [-0.3, -0.25) is 4.79 Å². The fourth-order valence-electron chi connectivity index (χ4n) is 4.76. The Morgan fingerprint density at radius 3 is 2.36 bits per heavy atom. The van der Waals surface area contributed by atoms with Crippen LogP contribution in [0.15, 0.2) is 42.5 Å². The molecule has 1 aliphatic rings. The molecule has 150 valence electrons. The summed E-state index contributed by atoms with van der Waals surface area (Å²) in [5.41, 5.74) is 5.30. The van der Waals surface area contributed by atoms with E-state index >= 15 is 0 Å². The van der Waals surface area contributed by atoms with E-state index in [1.165, 1.54) is 24.8 Å². The quantitative estimate of drug-likeness (QED) is 0.500. The maximum Gasteiger partial charge on any atom is 0.193 e. The van der Waals surface area contributed by atoms with Crippen molar-refractivity contribution >= 4 is 5.78 Å². The summed E-state index contributed by atoms with van der Waals surface area (Å²) in [6.07, 6.45) is 5.08. The second-order valence-electron chi connectivity index (χ2n) is 10.2. The third kappa shape index (κ3) is 4.57. The monoisotopic (exact) mass is 376 g/mol. The van der Waals surface area contributed by atoms with Crippen LogP contribution in [0.1, 0.15) is 99.3 Å². The maximum atomic E-state index is 13.7. The Morgan fingerprint density at radius 1 is 1.04 bits per heavy atom. The van der Waals surface area contributed by atoms with Gasteiger partial charge in [0.15, 0.2) is 5.78 Å². The zero-order chi connectivity index (χ0) is 20.5. The van der Waals surface area contributed by atoms with Crippen LogP contribution in [0.3, 0.4) is 0 Å². The molecule has 1 heteroatoms. The molecule has 0 aromatic heterocycles. The van der Waals surface area contributed by atoms with Crippen molar-refractivity contribution in [2.75, 3.05) is 0 Å². The van der Waals surface area contributed by atoms with Crippen LogP contribution in [0.5, 0.6) is 0 Å². The molecule has 1 aliphatic carbocycles. The SMILES string of the molecule is CC1CCC(Cc2ccc(C(C)(C)C)c(C(=O)c3ccccc3C(C)C)c2)C1. The first-order chi connectivity index (χ1) is 13.2. The molecule has 1 fully saturated rings. The molecular weight excluding hydrogens is 340 g/mol. The van der Waals surface area contributed by atoms with Gasteiger partial charge >= 0.3 is 0 Å². The lowest BCUT2D eigenvalue weighted by Gasteiger charge is -2.24. The van der Waals surface area contributed by atoms with Crippen molar-refractivity contribution in [2.24, 2.45) is 11.8 Å². The average Bonchev–Trinajstić information content (AvgIpc) is 3.04.